The molecule has 0 saturated heterocycles. The Morgan fingerprint density at radius 2 is 1.89 bits per heavy atom. The Hall–Kier alpha value is -2.20. The first-order valence-electron chi connectivity index (χ1n) is 9.29. The van der Waals surface area contributed by atoms with E-state index in [1.807, 2.05) is 20.8 Å². The van der Waals surface area contributed by atoms with Crippen LogP contribution in [-0.2, 0) is 28.7 Å². The summed E-state index contributed by atoms with van der Waals surface area (Å²) in [6.07, 6.45) is 3.69. The molecule has 1 aliphatic carbocycles. The van der Waals surface area contributed by atoms with Crippen molar-refractivity contribution in [3.05, 3.63) is 44.0 Å². The van der Waals surface area contributed by atoms with Crippen molar-refractivity contribution in [3.8, 4) is 0 Å². The summed E-state index contributed by atoms with van der Waals surface area (Å²) >= 11 is 0. The molecule has 28 heavy (non-hydrogen) atoms. The number of sulfonamides is 1. The molecule has 0 aromatic carbocycles. The lowest BCUT2D eigenvalue weighted by molar-refractivity contribution is 0.374. The van der Waals surface area contributed by atoms with Crippen LogP contribution in [0.4, 0.5) is 0 Å². The quantitative estimate of drug-likeness (QED) is 0.738. The Morgan fingerprint density at radius 1 is 1.25 bits per heavy atom. The van der Waals surface area contributed by atoms with Gasteiger partial charge in [0.05, 0.1) is 11.4 Å². The van der Waals surface area contributed by atoms with Gasteiger partial charge in [-0.1, -0.05) is 0 Å². The smallest absolute Gasteiger partial charge is 0.295 e. The molecular formula is C18H27N5O4S. The van der Waals surface area contributed by atoms with Gasteiger partial charge in [0, 0.05) is 30.4 Å². The van der Waals surface area contributed by atoms with E-state index in [-0.39, 0.29) is 17.0 Å². The molecule has 0 amide bonds. The van der Waals surface area contributed by atoms with Crippen molar-refractivity contribution < 1.29 is 8.42 Å². The van der Waals surface area contributed by atoms with Crippen LogP contribution in [0.1, 0.15) is 50.6 Å². The average Bonchev–Trinajstić information content (AvgIpc) is 3.30. The van der Waals surface area contributed by atoms with Gasteiger partial charge in [0.15, 0.2) is 0 Å². The summed E-state index contributed by atoms with van der Waals surface area (Å²) in [7, 11) is -3.86. The van der Waals surface area contributed by atoms with Crippen molar-refractivity contribution in [3.63, 3.8) is 0 Å². The molecule has 9 nitrogen and oxygen atoms in total. The molecule has 1 aliphatic rings. The number of aryl methyl sites for hydroxylation is 1. The minimum absolute atomic E-state index is 0.147. The Kier molecular flexibility index (Phi) is 5.13. The number of hydrogen-bond acceptors (Lipinski definition) is 5. The SMILES string of the molecule is Cc1nn(CC2CC2)c(C)c1S(=O)(=O)NCc1cn(C(C)(C)C)c(=O)[nH]c1=O. The zero-order valence-electron chi connectivity index (χ0n) is 16.9. The number of aromatic amines is 1. The lowest BCUT2D eigenvalue weighted by atomic mass is 10.1. The van der Waals surface area contributed by atoms with E-state index in [1.54, 1.807) is 18.5 Å². The molecule has 2 aromatic rings. The van der Waals surface area contributed by atoms with E-state index in [2.05, 4.69) is 14.8 Å². The van der Waals surface area contributed by atoms with Gasteiger partial charge in [-0.25, -0.2) is 17.9 Å². The predicted molar refractivity (Wildman–Crippen MR) is 105 cm³/mol. The molecule has 0 unspecified atom stereocenters. The van der Waals surface area contributed by atoms with Crippen LogP contribution in [0.2, 0.25) is 0 Å². The molecule has 1 saturated carbocycles. The van der Waals surface area contributed by atoms with Crippen molar-refractivity contribution in [2.45, 2.75) is 71.0 Å². The van der Waals surface area contributed by atoms with Gasteiger partial charge in [-0.15, -0.1) is 0 Å². The fourth-order valence-electron chi connectivity index (χ4n) is 3.17. The maximum absolute atomic E-state index is 12.9. The highest BCUT2D eigenvalue weighted by Gasteiger charge is 2.28. The van der Waals surface area contributed by atoms with E-state index >= 15 is 0 Å². The van der Waals surface area contributed by atoms with Gasteiger partial charge in [0.1, 0.15) is 4.90 Å². The van der Waals surface area contributed by atoms with Crippen molar-refractivity contribution in [2.24, 2.45) is 5.92 Å². The predicted octanol–water partition coefficient (Wildman–Crippen LogP) is 0.993. The van der Waals surface area contributed by atoms with Crippen molar-refractivity contribution in [1.82, 2.24) is 24.1 Å². The average molecular weight is 410 g/mol. The van der Waals surface area contributed by atoms with Gasteiger partial charge in [0.2, 0.25) is 10.0 Å². The highest BCUT2D eigenvalue weighted by atomic mass is 32.2. The first kappa shape index (κ1) is 20.5. The summed E-state index contributed by atoms with van der Waals surface area (Å²) in [4.78, 5) is 26.5. The standard InChI is InChI=1S/C18H27N5O4S/c1-11-15(12(2)23(21-11)9-13-6-7-13)28(26,27)19-8-14-10-22(18(3,4)5)17(25)20-16(14)24/h10,13,19H,6-9H2,1-5H3,(H,20,24,25). The van der Waals surface area contributed by atoms with Crippen molar-refractivity contribution in [1.29, 1.82) is 0 Å². The van der Waals surface area contributed by atoms with Crippen LogP contribution >= 0.6 is 0 Å². The molecule has 2 heterocycles. The molecule has 154 valence electrons. The second-order valence-electron chi connectivity index (χ2n) is 8.40. The van der Waals surface area contributed by atoms with Gasteiger partial charge in [-0.05, 0) is 53.4 Å². The van der Waals surface area contributed by atoms with Gasteiger partial charge in [0.25, 0.3) is 5.56 Å². The van der Waals surface area contributed by atoms with Crippen molar-refractivity contribution >= 4 is 10.0 Å². The number of nitrogens with zero attached hydrogens (tertiary/aromatic N) is 3. The number of H-pyrrole nitrogens is 1. The number of rotatable bonds is 6. The number of nitrogens with one attached hydrogen (secondary N) is 2. The molecule has 10 heteroatoms. The topological polar surface area (TPSA) is 119 Å². The van der Waals surface area contributed by atoms with E-state index in [0.29, 0.717) is 17.3 Å². The largest absolute Gasteiger partial charge is 0.328 e. The van der Waals surface area contributed by atoms with Gasteiger partial charge < -0.3 is 0 Å². The third kappa shape index (κ3) is 4.12. The van der Waals surface area contributed by atoms with Crippen LogP contribution < -0.4 is 16.0 Å². The van der Waals surface area contributed by atoms with E-state index in [0.717, 1.165) is 19.4 Å². The lowest BCUT2D eigenvalue weighted by Gasteiger charge is -2.22. The molecule has 3 rings (SSSR count). The maximum Gasteiger partial charge on any atom is 0.328 e. The summed E-state index contributed by atoms with van der Waals surface area (Å²) in [5.41, 5.74) is -0.502. The Bertz CT molecular complexity index is 1110. The van der Waals surface area contributed by atoms with Crippen LogP contribution in [-0.4, -0.2) is 27.7 Å². The molecule has 0 atom stereocenters. The fourth-order valence-corrected chi connectivity index (χ4v) is 4.59. The normalized spacial score (nSPS) is 15.2. The van der Waals surface area contributed by atoms with E-state index < -0.39 is 26.8 Å². The van der Waals surface area contributed by atoms with Gasteiger partial charge in [-0.3, -0.25) is 19.0 Å². The zero-order chi connectivity index (χ0) is 20.9. The molecule has 2 N–H and O–H groups in total. The Labute approximate surface area is 163 Å². The third-order valence-corrected chi connectivity index (χ3v) is 6.56. The summed E-state index contributed by atoms with van der Waals surface area (Å²) in [5, 5.41) is 4.37. The second kappa shape index (κ2) is 7.00. The summed E-state index contributed by atoms with van der Waals surface area (Å²) < 4.78 is 31.4. The molecule has 0 aliphatic heterocycles. The molecule has 1 fully saturated rings. The summed E-state index contributed by atoms with van der Waals surface area (Å²) in [6, 6.07) is 0. The van der Waals surface area contributed by atoms with Gasteiger partial charge in [-0.2, -0.15) is 5.10 Å². The maximum atomic E-state index is 12.9. The molecule has 2 aromatic heterocycles. The summed E-state index contributed by atoms with van der Waals surface area (Å²) in [5.74, 6) is 0.568. The highest BCUT2D eigenvalue weighted by Crippen LogP contribution is 2.32. The highest BCUT2D eigenvalue weighted by molar-refractivity contribution is 7.89. The number of hydrogen-bond donors (Lipinski definition) is 2. The fraction of sp³-hybridized carbons (Fsp3) is 0.611. The number of aromatic nitrogens is 4. The first-order valence-corrected chi connectivity index (χ1v) is 10.8. The minimum Gasteiger partial charge on any atom is -0.295 e. The van der Waals surface area contributed by atoms with Crippen LogP contribution in [0.5, 0.6) is 0 Å². The van der Waals surface area contributed by atoms with E-state index in [1.165, 1.54) is 10.8 Å². The lowest BCUT2D eigenvalue weighted by Crippen LogP contribution is -2.40. The molecule has 0 spiro atoms. The van der Waals surface area contributed by atoms with Crippen LogP contribution in [0.25, 0.3) is 0 Å². The van der Waals surface area contributed by atoms with Crippen LogP contribution in [0, 0.1) is 19.8 Å². The third-order valence-electron chi connectivity index (χ3n) is 4.90. The Morgan fingerprint density at radius 3 is 2.46 bits per heavy atom. The van der Waals surface area contributed by atoms with E-state index in [9.17, 15) is 18.0 Å². The van der Waals surface area contributed by atoms with E-state index in [4.69, 9.17) is 0 Å². The molecule has 0 bridgehead atoms. The van der Waals surface area contributed by atoms with Crippen molar-refractivity contribution in [2.75, 3.05) is 0 Å². The second-order valence-corrected chi connectivity index (χ2v) is 10.1. The summed E-state index contributed by atoms with van der Waals surface area (Å²) in [6.45, 7) is 9.37. The monoisotopic (exact) mass is 409 g/mol. The van der Waals surface area contributed by atoms with Crippen LogP contribution in [0.3, 0.4) is 0 Å². The van der Waals surface area contributed by atoms with Gasteiger partial charge >= 0.3 is 5.69 Å². The first-order chi connectivity index (χ1) is 12.9. The molecule has 0 radical (unpaired) electrons. The Balaban J connectivity index is 1.88. The van der Waals surface area contributed by atoms with Crippen LogP contribution in [0.15, 0.2) is 20.7 Å². The zero-order valence-corrected chi connectivity index (χ0v) is 17.7. The minimum atomic E-state index is -3.86. The molecular weight excluding hydrogens is 382 g/mol.